The van der Waals surface area contributed by atoms with Crippen molar-refractivity contribution in [2.45, 2.75) is 0 Å². The Morgan fingerprint density at radius 3 is 2.19 bits per heavy atom. The monoisotopic (exact) mass is 367 g/mol. The number of hydrogen-bond donors (Lipinski definition) is 0. The zero-order chi connectivity index (χ0) is 18.4. The highest BCUT2D eigenvalue weighted by Crippen LogP contribution is 2.34. The Bertz CT molecular complexity index is 1250. The predicted molar refractivity (Wildman–Crippen MR) is 108 cm³/mol. The molecule has 27 heavy (non-hydrogen) atoms. The number of fused-ring (bicyclic) bond motifs is 4. The maximum absolute atomic E-state index is 13.1. The molecular formula is C23H13NO2S. The van der Waals surface area contributed by atoms with Gasteiger partial charge in [0.2, 0.25) is 0 Å². The Morgan fingerprint density at radius 1 is 0.704 bits per heavy atom. The van der Waals surface area contributed by atoms with Crippen molar-refractivity contribution in [1.82, 2.24) is 4.98 Å². The normalized spacial score (nSPS) is 13.2. The maximum Gasteiger partial charge on any atom is 0.196 e. The summed E-state index contributed by atoms with van der Waals surface area (Å²) in [6.45, 7) is 0. The fourth-order valence-electron chi connectivity index (χ4n) is 3.39. The SMILES string of the molecule is O=C1c2ccccc2C(=O)c2c1ccc1sc(/C=C/c3ccccc3)nc21. The van der Waals surface area contributed by atoms with E-state index in [0.29, 0.717) is 27.8 Å². The summed E-state index contributed by atoms with van der Waals surface area (Å²) in [6.07, 6.45) is 3.93. The number of ketones is 2. The standard InChI is InChI=1S/C23H13NO2S/c25-22-15-8-4-5-9-16(15)23(26)20-17(22)11-12-18-21(20)24-19(27-18)13-10-14-6-2-1-3-7-14/h1-13H/b13-10+. The lowest BCUT2D eigenvalue weighted by Gasteiger charge is -2.17. The van der Waals surface area contributed by atoms with E-state index in [4.69, 9.17) is 0 Å². The smallest absolute Gasteiger partial charge is 0.196 e. The van der Waals surface area contributed by atoms with Gasteiger partial charge in [-0.15, -0.1) is 11.3 Å². The van der Waals surface area contributed by atoms with E-state index in [0.717, 1.165) is 15.3 Å². The third-order valence-corrected chi connectivity index (χ3v) is 5.67. The van der Waals surface area contributed by atoms with Gasteiger partial charge in [0.05, 0.1) is 15.8 Å². The molecular weight excluding hydrogens is 354 g/mol. The molecule has 3 nitrogen and oxygen atoms in total. The van der Waals surface area contributed by atoms with Crippen molar-refractivity contribution >= 4 is 45.3 Å². The molecule has 4 aromatic rings. The van der Waals surface area contributed by atoms with Crippen molar-refractivity contribution in [3.05, 3.63) is 99.6 Å². The van der Waals surface area contributed by atoms with E-state index < -0.39 is 0 Å². The number of hydrogen-bond acceptors (Lipinski definition) is 4. The Balaban J connectivity index is 1.64. The molecule has 5 rings (SSSR count). The van der Waals surface area contributed by atoms with Crippen LogP contribution in [0.1, 0.15) is 42.4 Å². The molecule has 0 N–H and O–H groups in total. The Labute approximate surface area is 159 Å². The lowest BCUT2D eigenvalue weighted by Crippen LogP contribution is -2.21. The van der Waals surface area contributed by atoms with Crippen LogP contribution in [0, 0.1) is 0 Å². The van der Waals surface area contributed by atoms with Crippen LogP contribution in [-0.2, 0) is 0 Å². The molecule has 0 radical (unpaired) electrons. The Morgan fingerprint density at radius 2 is 1.41 bits per heavy atom. The van der Waals surface area contributed by atoms with Gasteiger partial charge in [-0.1, -0.05) is 60.7 Å². The van der Waals surface area contributed by atoms with Gasteiger partial charge in [0.15, 0.2) is 11.6 Å². The molecule has 0 saturated heterocycles. The van der Waals surface area contributed by atoms with E-state index in [9.17, 15) is 9.59 Å². The van der Waals surface area contributed by atoms with Gasteiger partial charge < -0.3 is 0 Å². The average molecular weight is 367 g/mol. The van der Waals surface area contributed by atoms with Gasteiger partial charge in [-0.3, -0.25) is 9.59 Å². The fourth-order valence-corrected chi connectivity index (χ4v) is 4.27. The molecule has 1 aromatic heterocycles. The molecule has 0 atom stereocenters. The van der Waals surface area contributed by atoms with Gasteiger partial charge >= 0.3 is 0 Å². The summed E-state index contributed by atoms with van der Waals surface area (Å²) in [4.78, 5) is 30.5. The zero-order valence-corrected chi connectivity index (χ0v) is 15.0. The van der Waals surface area contributed by atoms with Crippen LogP contribution in [0.2, 0.25) is 0 Å². The van der Waals surface area contributed by atoms with Gasteiger partial charge in [0.25, 0.3) is 0 Å². The van der Waals surface area contributed by atoms with Crippen LogP contribution in [0.3, 0.4) is 0 Å². The maximum atomic E-state index is 13.1. The van der Waals surface area contributed by atoms with E-state index in [1.54, 1.807) is 30.3 Å². The lowest BCUT2D eigenvalue weighted by molar-refractivity contribution is 0.0980. The third-order valence-electron chi connectivity index (χ3n) is 4.68. The first-order valence-corrected chi connectivity index (χ1v) is 9.39. The highest BCUT2D eigenvalue weighted by Gasteiger charge is 2.31. The first-order valence-electron chi connectivity index (χ1n) is 8.57. The van der Waals surface area contributed by atoms with Gasteiger partial charge in [-0.25, -0.2) is 4.98 Å². The third kappa shape index (κ3) is 2.54. The number of nitrogens with zero attached hydrogens (tertiary/aromatic N) is 1. The van der Waals surface area contributed by atoms with Gasteiger partial charge in [0, 0.05) is 16.7 Å². The number of thiazole rings is 1. The molecule has 0 bridgehead atoms. The molecule has 0 fully saturated rings. The van der Waals surface area contributed by atoms with Crippen molar-refractivity contribution in [3.8, 4) is 0 Å². The molecule has 0 aliphatic heterocycles. The van der Waals surface area contributed by atoms with E-state index in [1.807, 2.05) is 48.6 Å². The summed E-state index contributed by atoms with van der Waals surface area (Å²) in [5, 5.41) is 0.807. The highest BCUT2D eigenvalue weighted by atomic mass is 32.1. The minimum Gasteiger partial charge on any atom is -0.289 e. The molecule has 0 unspecified atom stereocenters. The number of aromatic nitrogens is 1. The zero-order valence-electron chi connectivity index (χ0n) is 14.2. The predicted octanol–water partition coefficient (Wildman–Crippen LogP) is 5.24. The van der Waals surface area contributed by atoms with Crippen molar-refractivity contribution in [2.75, 3.05) is 0 Å². The molecule has 0 amide bonds. The first kappa shape index (κ1) is 15.9. The molecule has 128 valence electrons. The molecule has 1 aliphatic rings. The van der Waals surface area contributed by atoms with E-state index in [1.165, 1.54) is 11.3 Å². The second kappa shape index (κ2) is 6.11. The summed E-state index contributed by atoms with van der Waals surface area (Å²) >= 11 is 1.51. The lowest BCUT2D eigenvalue weighted by atomic mass is 9.83. The summed E-state index contributed by atoms with van der Waals surface area (Å²) in [6, 6.07) is 20.6. The van der Waals surface area contributed by atoms with Crippen LogP contribution in [0.4, 0.5) is 0 Å². The van der Waals surface area contributed by atoms with Crippen LogP contribution in [0.5, 0.6) is 0 Å². The van der Waals surface area contributed by atoms with Crippen LogP contribution in [0.25, 0.3) is 22.4 Å². The van der Waals surface area contributed by atoms with Gasteiger partial charge in [-0.05, 0) is 23.8 Å². The van der Waals surface area contributed by atoms with Gasteiger partial charge in [-0.2, -0.15) is 0 Å². The topological polar surface area (TPSA) is 47.0 Å². The van der Waals surface area contributed by atoms with E-state index in [2.05, 4.69) is 4.98 Å². The van der Waals surface area contributed by atoms with Crippen molar-refractivity contribution in [2.24, 2.45) is 0 Å². The molecule has 0 spiro atoms. The number of carbonyl (C=O) groups is 2. The number of rotatable bonds is 2. The molecule has 3 aromatic carbocycles. The summed E-state index contributed by atoms with van der Waals surface area (Å²) in [5.74, 6) is -0.244. The van der Waals surface area contributed by atoms with Crippen LogP contribution >= 0.6 is 11.3 Å². The van der Waals surface area contributed by atoms with Crippen LogP contribution in [0.15, 0.2) is 66.7 Å². The van der Waals surface area contributed by atoms with Crippen molar-refractivity contribution < 1.29 is 9.59 Å². The summed E-state index contributed by atoms with van der Waals surface area (Å²) < 4.78 is 0.905. The summed E-state index contributed by atoms with van der Waals surface area (Å²) in [7, 11) is 0. The van der Waals surface area contributed by atoms with E-state index >= 15 is 0 Å². The second-order valence-corrected chi connectivity index (χ2v) is 7.40. The molecule has 0 saturated carbocycles. The minimum atomic E-state index is -0.130. The Hall–Kier alpha value is -3.37. The van der Waals surface area contributed by atoms with Crippen molar-refractivity contribution in [3.63, 3.8) is 0 Å². The van der Waals surface area contributed by atoms with Crippen LogP contribution < -0.4 is 0 Å². The molecule has 4 heteroatoms. The number of benzene rings is 3. The Kier molecular flexibility index (Phi) is 3.59. The molecule has 1 aliphatic carbocycles. The minimum absolute atomic E-state index is 0.114. The van der Waals surface area contributed by atoms with Crippen molar-refractivity contribution in [1.29, 1.82) is 0 Å². The van der Waals surface area contributed by atoms with E-state index in [-0.39, 0.29) is 11.6 Å². The first-order chi connectivity index (χ1) is 13.2. The average Bonchev–Trinajstić information content (AvgIpc) is 3.14. The highest BCUT2D eigenvalue weighted by molar-refractivity contribution is 7.19. The quantitative estimate of drug-likeness (QED) is 0.428. The number of carbonyl (C=O) groups excluding carboxylic acids is 2. The summed E-state index contributed by atoms with van der Waals surface area (Å²) in [5.41, 5.74) is 3.48. The van der Waals surface area contributed by atoms with Crippen LogP contribution in [-0.4, -0.2) is 16.6 Å². The second-order valence-electron chi connectivity index (χ2n) is 6.33. The van der Waals surface area contributed by atoms with Gasteiger partial charge in [0.1, 0.15) is 5.01 Å². The molecule has 1 heterocycles. The fraction of sp³-hybridized carbons (Fsp3) is 0. The largest absolute Gasteiger partial charge is 0.289 e.